The third kappa shape index (κ3) is 3.28. The summed E-state index contributed by atoms with van der Waals surface area (Å²) >= 11 is 6.09. The largest absolute Gasteiger partial charge is 0.495 e. The van der Waals surface area contributed by atoms with E-state index in [9.17, 15) is 4.21 Å². The standard InChI is InChI=1S/C14H14ClNO2S/c1-18-13-4-2-3-5-14(13)19(17)9-10-6-7-11(16)8-12(10)15/h2-8H,9,16H2,1H3. The van der Waals surface area contributed by atoms with E-state index in [2.05, 4.69) is 0 Å². The zero-order valence-electron chi connectivity index (χ0n) is 10.4. The zero-order chi connectivity index (χ0) is 13.8. The van der Waals surface area contributed by atoms with Crippen LogP contribution in [0.5, 0.6) is 5.75 Å². The summed E-state index contributed by atoms with van der Waals surface area (Å²) in [4.78, 5) is 0.665. The summed E-state index contributed by atoms with van der Waals surface area (Å²) in [5.41, 5.74) is 7.03. The molecule has 0 aliphatic heterocycles. The van der Waals surface area contributed by atoms with Gasteiger partial charge in [-0.05, 0) is 29.8 Å². The maximum atomic E-state index is 12.4. The van der Waals surface area contributed by atoms with E-state index < -0.39 is 10.8 Å². The van der Waals surface area contributed by atoms with Crippen LogP contribution in [-0.4, -0.2) is 11.3 Å². The summed E-state index contributed by atoms with van der Waals surface area (Å²) in [6, 6.07) is 12.5. The minimum Gasteiger partial charge on any atom is -0.495 e. The lowest BCUT2D eigenvalue weighted by atomic mass is 10.2. The van der Waals surface area contributed by atoms with Gasteiger partial charge in [-0.2, -0.15) is 0 Å². The first kappa shape index (κ1) is 13.9. The van der Waals surface area contributed by atoms with Crippen molar-refractivity contribution in [2.24, 2.45) is 0 Å². The molecular formula is C14H14ClNO2S. The van der Waals surface area contributed by atoms with Crippen LogP contribution in [0.2, 0.25) is 5.02 Å². The van der Waals surface area contributed by atoms with Crippen molar-refractivity contribution in [2.45, 2.75) is 10.6 Å². The monoisotopic (exact) mass is 295 g/mol. The number of nitrogen functional groups attached to an aromatic ring is 1. The lowest BCUT2D eigenvalue weighted by molar-refractivity contribution is 0.404. The molecule has 0 saturated heterocycles. The fourth-order valence-corrected chi connectivity index (χ4v) is 3.34. The van der Waals surface area contributed by atoms with Crippen molar-refractivity contribution in [3.8, 4) is 5.75 Å². The zero-order valence-corrected chi connectivity index (χ0v) is 12.0. The van der Waals surface area contributed by atoms with Crippen LogP contribution >= 0.6 is 11.6 Å². The molecule has 2 rings (SSSR count). The molecule has 5 heteroatoms. The summed E-state index contributed by atoms with van der Waals surface area (Å²) in [5.74, 6) is 0.951. The van der Waals surface area contributed by atoms with Gasteiger partial charge in [0.05, 0.1) is 28.6 Å². The SMILES string of the molecule is COc1ccccc1S(=O)Cc1ccc(N)cc1Cl. The number of methoxy groups -OCH3 is 1. The molecule has 100 valence electrons. The molecule has 0 aromatic heterocycles. The van der Waals surface area contributed by atoms with Gasteiger partial charge in [0.15, 0.2) is 0 Å². The number of para-hydroxylation sites is 1. The van der Waals surface area contributed by atoms with Crippen molar-refractivity contribution >= 4 is 28.1 Å². The first-order valence-electron chi connectivity index (χ1n) is 5.67. The third-order valence-electron chi connectivity index (χ3n) is 2.68. The van der Waals surface area contributed by atoms with Crippen LogP contribution in [0.15, 0.2) is 47.4 Å². The second-order valence-corrected chi connectivity index (χ2v) is 5.82. The Morgan fingerprint density at radius 3 is 2.68 bits per heavy atom. The van der Waals surface area contributed by atoms with Gasteiger partial charge in [-0.15, -0.1) is 0 Å². The first-order chi connectivity index (χ1) is 9.11. The van der Waals surface area contributed by atoms with Gasteiger partial charge in [-0.3, -0.25) is 4.21 Å². The Morgan fingerprint density at radius 1 is 1.26 bits per heavy atom. The lowest BCUT2D eigenvalue weighted by Gasteiger charge is -2.09. The molecule has 2 aromatic carbocycles. The summed E-state index contributed by atoms with van der Waals surface area (Å²) < 4.78 is 17.6. The summed E-state index contributed by atoms with van der Waals surface area (Å²) in [6.07, 6.45) is 0. The van der Waals surface area contributed by atoms with Crippen molar-refractivity contribution in [3.63, 3.8) is 0 Å². The molecule has 2 aromatic rings. The predicted molar refractivity (Wildman–Crippen MR) is 79.0 cm³/mol. The molecule has 1 unspecified atom stereocenters. The van der Waals surface area contributed by atoms with Crippen LogP contribution < -0.4 is 10.5 Å². The summed E-state index contributed by atoms with van der Waals surface area (Å²) in [5, 5.41) is 0.531. The highest BCUT2D eigenvalue weighted by atomic mass is 35.5. The van der Waals surface area contributed by atoms with E-state index in [1.807, 2.05) is 12.1 Å². The normalized spacial score (nSPS) is 12.1. The number of hydrogen-bond donors (Lipinski definition) is 1. The van der Waals surface area contributed by atoms with Gasteiger partial charge < -0.3 is 10.5 Å². The minimum absolute atomic E-state index is 0.333. The van der Waals surface area contributed by atoms with E-state index in [0.29, 0.717) is 27.1 Å². The van der Waals surface area contributed by atoms with E-state index in [0.717, 1.165) is 5.56 Å². The summed E-state index contributed by atoms with van der Waals surface area (Å²) in [6.45, 7) is 0. The fourth-order valence-electron chi connectivity index (χ4n) is 1.71. The fraction of sp³-hybridized carbons (Fsp3) is 0.143. The maximum absolute atomic E-state index is 12.4. The number of ether oxygens (including phenoxy) is 1. The highest BCUT2D eigenvalue weighted by Crippen LogP contribution is 2.26. The number of rotatable bonds is 4. The molecule has 3 nitrogen and oxygen atoms in total. The van der Waals surface area contributed by atoms with Gasteiger partial charge in [-0.25, -0.2) is 0 Å². The van der Waals surface area contributed by atoms with Crippen LogP contribution in [0.4, 0.5) is 5.69 Å². The van der Waals surface area contributed by atoms with Crippen molar-refractivity contribution in [1.29, 1.82) is 0 Å². The number of halogens is 1. The minimum atomic E-state index is -1.21. The maximum Gasteiger partial charge on any atom is 0.134 e. The van der Waals surface area contributed by atoms with Gasteiger partial charge in [-0.1, -0.05) is 29.8 Å². The van der Waals surface area contributed by atoms with Crippen molar-refractivity contribution in [1.82, 2.24) is 0 Å². The molecule has 0 aliphatic rings. The Bertz CT molecular complexity index is 616. The van der Waals surface area contributed by atoms with Crippen LogP contribution in [-0.2, 0) is 16.6 Å². The van der Waals surface area contributed by atoms with E-state index in [1.54, 1.807) is 37.4 Å². The molecule has 0 heterocycles. The average Bonchev–Trinajstić information content (AvgIpc) is 2.41. The Morgan fingerprint density at radius 2 is 2.00 bits per heavy atom. The van der Waals surface area contributed by atoms with Crippen LogP contribution in [0.1, 0.15) is 5.56 Å². The number of nitrogens with two attached hydrogens (primary N) is 1. The summed E-state index contributed by atoms with van der Waals surface area (Å²) in [7, 11) is 0.349. The molecule has 2 N–H and O–H groups in total. The highest BCUT2D eigenvalue weighted by Gasteiger charge is 2.12. The van der Waals surface area contributed by atoms with Crippen LogP contribution in [0.3, 0.4) is 0 Å². The van der Waals surface area contributed by atoms with Crippen LogP contribution in [0, 0.1) is 0 Å². The van der Waals surface area contributed by atoms with Crippen molar-refractivity contribution < 1.29 is 8.95 Å². The Hall–Kier alpha value is -1.52. The lowest BCUT2D eigenvalue weighted by Crippen LogP contribution is -2.00. The number of benzene rings is 2. The molecule has 0 bridgehead atoms. The molecule has 19 heavy (non-hydrogen) atoms. The van der Waals surface area contributed by atoms with Crippen molar-refractivity contribution in [3.05, 3.63) is 53.1 Å². The molecule has 0 saturated carbocycles. The number of hydrogen-bond acceptors (Lipinski definition) is 3. The topological polar surface area (TPSA) is 52.3 Å². The molecular weight excluding hydrogens is 282 g/mol. The van der Waals surface area contributed by atoms with E-state index in [1.165, 1.54) is 0 Å². The smallest absolute Gasteiger partial charge is 0.134 e. The Balaban J connectivity index is 2.26. The molecule has 1 atom stereocenters. The predicted octanol–water partition coefficient (Wildman–Crippen LogP) is 3.24. The van der Waals surface area contributed by atoms with E-state index in [4.69, 9.17) is 22.1 Å². The van der Waals surface area contributed by atoms with Gasteiger partial charge in [0.2, 0.25) is 0 Å². The molecule has 0 fully saturated rings. The molecule has 0 aliphatic carbocycles. The molecule has 0 radical (unpaired) electrons. The number of anilines is 1. The van der Waals surface area contributed by atoms with Crippen LogP contribution in [0.25, 0.3) is 0 Å². The van der Waals surface area contributed by atoms with Gasteiger partial charge in [0.1, 0.15) is 5.75 Å². The highest BCUT2D eigenvalue weighted by molar-refractivity contribution is 7.84. The first-order valence-corrected chi connectivity index (χ1v) is 7.37. The molecule has 0 amide bonds. The Labute approximate surface area is 119 Å². The van der Waals surface area contributed by atoms with E-state index >= 15 is 0 Å². The third-order valence-corrected chi connectivity index (χ3v) is 4.43. The Kier molecular flexibility index (Phi) is 4.45. The average molecular weight is 296 g/mol. The second kappa shape index (κ2) is 6.08. The van der Waals surface area contributed by atoms with Gasteiger partial charge in [0, 0.05) is 10.7 Å². The van der Waals surface area contributed by atoms with Gasteiger partial charge in [0.25, 0.3) is 0 Å². The quantitative estimate of drug-likeness (QED) is 0.881. The van der Waals surface area contributed by atoms with E-state index in [-0.39, 0.29) is 0 Å². The van der Waals surface area contributed by atoms with Crippen molar-refractivity contribution in [2.75, 3.05) is 12.8 Å². The second-order valence-electron chi connectivity index (χ2n) is 3.99. The molecule has 0 spiro atoms. The van der Waals surface area contributed by atoms with Gasteiger partial charge >= 0.3 is 0 Å².